The van der Waals surface area contributed by atoms with Crippen LogP contribution >= 0.6 is 0 Å². The lowest BCUT2D eigenvalue weighted by molar-refractivity contribution is -0.117. The van der Waals surface area contributed by atoms with Gasteiger partial charge in [0.2, 0.25) is 5.91 Å². The highest BCUT2D eigenvalue weighted by atomic mass is 16.5. The van der Waals surface area contributed by atoms with Gasteiger partial charge in [-0.1, -0.05) is 49.7 Å². The lowest BCUT2D eigenvalue weighted by atomic mass is 9.93. The standard InChI is InChI=1S/C20H23NO3/c1-4-8-17(15-9-6-5-7-10-15)19(22)21-18-13-16(20(23)24-3)12-11-14(18)2/h5-7,9-13,17H,4,8H2,1-3H3,(H,21,22)/t17-/m0/s1. The van der Waals surface area contributed by atoms with Gasteiger partial charge in [-0.05, 0) is 36.6 Å². The molecule has 24 heavy (non-hydrogen) atoms. The lowest BCUT2D eigenvalue weighted by Crippen LogP contribution is -2.22. The minimum atomic E-state index is -0.418. The zero-order chi connectivity index (χ0) is 17.5. The maximum absolute atomic E-state index is 12.8. The molecule has 0 spiro atoms. The van der Waals surface area contributed by atoms with Crippen molar-refractivity contribution in [3.05, 3.63) is 65.2 Å². The maximum Gasteiger partial charge on any atom is 0.337 e. The van der Waals surface area contributed by atoms with Crippen molar-refractivity contribution in [1.29, 1.82) is 0 Å². The van der Waals surface area contributed by atoms with E-state index in [-0.39, 0.29) is 11.8 Å². The van der Waals surface area contributed by atoms with E-state index in [1.165, 1.54) is 7.11 Å². The summed E-state index contributed by atoms with van der Waals surface area (Å²) in [5, 5.41) is 2.97. The molecule has 1 N–H and O–H groups in total. The van der Waals surface area contributed by atoms with Crippen molar-refractivity contribution in [3.63, 3.8) is 0 Å². The summed E-state index contributed by atoms with van der Waals surface area (Å²) in [6.45, 7) is 3.96. The summed E-state index contributed by atoms with van der Waals surface area (Å²) in [6, 6.07) is 14.9. The van der Waals surface area contributed by atoms with E-state index in [0.29, 0.717) is 11.3 Å². The van der Waals surface area contributed by atoms with Gasteiger partial charge < -0.3 is 10.1 Å². The molecular weight excluding hydrogens is 302 g/mol. The van der Waals surface area contributed by atoms with Gasteiger partial charge in [-0.25, -0.2) is 4.79 Å². The molecule has 0 aliphatic heterocycles. The number of carbonyl (C=O) groups excluding carboxylic acids is 2. The number of hydrogen-bond donors (Lipinski definition) is 1. The molecule has 0 bridgehead atoms. The average molecular weight is 325 g/mol. The Balaban J connectivity index is 2.25. The van der Waals surface area contributed by atoms with Crippen LogP contribution in [0, 0.1) is 6.92 Å². The summed E-state index contributed by atoms with van der Waals surface area (Å²) in [4.78, 5) is 24.5. The number of amides is 1. The van der Waals surface area contributed by atoms with Crippen molar-refractivity contribution in [2.24, 2.45) is 0 Å². The third-order valence-corrected chi connectivity index (χ3v) is 4.01. The molecule has 0 saturated carbocycles. The Kier molecular flexibility index (Phi) is 6.13. The molecule has 1 atom stereocenters. The number of anilines is 1. The molecule has 2 rings (SSSR count). The van der Waals surface area contributed by atoms with E-state index >= 15 is 0 Å². The Labute approximate surface area is 142 Å². The van der Waals surface area contributed by atoms with E-state index < -0.39 is 5.97 Å². The highest BCUT2D eigenvalue weighted by molar-refractivity contribution is 5.98. The molecule has 0 aliphatic rings. The van der Waals surface area contributed by atoms with Gasteiger partial charge in [-0.15, -0.1) is 0 Å². The second kappa shape index (κ2) is 8.29. The summed E-state index contributed by atoms with van der Waals surface area (Å²) in [7, 11) is 1.34. The van der Waals surface area contributed by atoms with Crippen LogP contribution < -0.4 is 5.32 Å². The summed E-state index contributed by atoms with van der Waals surface area (Å²) in [5.41, 5.74) is 2.96. The van der Waals surface area contributed by atoms with Crippen molar-refractivity contribution in [1.82, 2.24) is 0 Å². The molecule has 0 aliphatic carbocycles. The molecule has 126 valence electrons. The highest BCUT2D eigenvalue weighted by Gasteiger charge is 2.20. The number of esters is 1. The maximum atomic E-state index is 12.8. The van der Waals surface area contributed by atoms with E-state index in [9.17, 15) is 9.59 Å². The molecule has 0 aromatic heterocycles. The molecule has 0 heterocycles. The minimum absolute atomic E-state index is 0.0619. The van der Waals surface area contributed by atoms with Gasteiger partial charge >= 0.3 is 5.97 Å². The highest BCUT2D eigenvalue weighted by Crippen LogP contribution is 2.25. The molecule has 1 amide bonds. The van der Waals surface area contributed by atoms with Crippen LogP contribution in [-0.4, -0.2) is 19.0 Å². The van der Waals surface area contributed by atoms with Crippen LogP contribution in [0.15, 0.2) is 48.5 Å². The van der Waals surface area contributed by atoms with Crippen LogP contribution in [0.2, 0.25) is 0 Å². The lowest BCUT2D eigenvalue weighted by Gasteiger charge is -2.18. The number of carbonyl (C=O) groups is 2. The Morgan fingerprint density at radius 2 is 1.83 bits per heavy atom. The van der Waals surface area contributed by atoms with Crippen molar-refractivity contribution >= 4 is 17.6 Å². The summed E-state index contributed by atoms with van der Waals surface area (Å²) < 4.78 is 4.74. The van der Waals surface area contributed by atoms with Crippen LogP contribution in [0.3, 0.4) is 0 Å². The number of rotatable bonds is 6. The largest absolute Gasteiger partial charge is 0.465 e. The Bertz CT molecular complexity index is 710. The van der Waals surface area contributed by atoms with Crippen LogP contribution in [-0.2, 0) is 9.53 Å². The smallest absolute Gasteiger partial charge is 0.337 e. The van der Waals surface area contributed by atoms with Gasteiger partial charge in [0.25, 0.3) is 0 Å². The van der Waals surface area contributed by atoms with Gasteiger partial charge in [-0.3, -0.25) is 4.79 Å². The van der Waals surface area contributed by atoms with Crippen LogP contribution in [0.4, 0.5) is 5.69 Å². The van der Waals surface area contributed by atoms with E-state index in [2.05, 4.69) is 12.2 Å². The van der Waals surface area contributed by atoms with Crippen LogP contribution in [0.25, 0.3) is 0 Å². The second-order valence-corrected chi connectivity index (χ2v) is 5.76. The van der Waals surface area contributed by atoms with E-state index in [1.807, 2.05) is 37.3 Å². The number of benzene rings is 2. The normalized spacial score (nSPS) is 11.6. The Hall–Kier alpha value is -2.62. The van der Waals surface area contributed by atoms with Crippen LogP contribution in [0.5, 0.6) is 0 Å². The van der Waals surface area contributed by atoms with Gasteiger partial charge in [-0.2, -0.15) is 0 Å². The second-order valence-electron chi connectivity index (χ2n) is 5.76. The molecule has 0 unspecified atom stereocenters. The third-order valence-electron chi connectivity index (χ3n) is 4.01. The number of methoxy groups -OCH3 is 1. The summed E-state index contributed by atoms with van der Waals surface area (Å²) in [5.74, 6) is -0.691. The fourth-order valence-corrected chi connectivity index (χ4v) is 2.64. The Morgan fingerprint density at radius 3 is 2.46 bits per heavy atom. The van der Waals surface area contributed by atoms with Gasteiger partial charge in [0, 0.05) is 5.69 Å². The first-order valence-electron chi connectivity index (χ1n) is 8.11. The summed E-state index contributed by atoms with van der Waals surface area (Å²) >= 11 is 0. The molecule has 2 aromatic carbocycles. The molecule has 2 aromatic rings. The van der Waals surface area contributed by atoms with Crippen LogP contribution in [0.1, 0.15) is 47.2 Å². The monoisotopic (exact) mass is 325 g/mol. The predicted molar refractivity (Wildman–Crippen MR) is 95.2 cm³/mol. The van der Waals surface area contributed by atoms with Crippen molar-refractivity contribution in [3.8, 4) is 0 Å². The first kappa shape index (κ1) is 17.7. The fourth-order valence-electron chi connectivity index (χ4n) is 2.64. The number of nitrogens with one attached hydrogen (secondary N) is 1. The first-order chi connectivity index (χ1) is 11.6. The van der Waals surface area contributed by atoms with E-state index in [4.69, 9.17) is 4.74 Å². The zero-order valence-electron chi connectivity index (χ0n) is 14.3. The minimum Gasteiger partial charge on any atom is -0.465 e. The molecule has 0 radical (unpaired) electrons. The topological polar surface area (TPSA) is 55.4 Å². The molecular formula is C20H23NO3. The average Bonchev–Trinajstić information content (AvgIpc) is 2.61. The van der Waals surface area contributed by atoms with Gasteiger partial charge in [0.05, 0.1) is 18.6 Å². The Morgan fingerprint density at radius 1 is 1.12 bits per heavy atom. The molecule has 4 nitrogen and oxygen atoms in total. The predicted octanol–water partition coefficient (Wildman–Crippen LogP) is 4.30. The van der Waals surface area contributed by atoms with Crippen molar-refractivity contribution < 1.29 is 14.3 Å². The third kappa shape index (κ3) is 4.22. The van der Waals surface area contributed by atoms with Gasteiger partial charge in [0.15, 0.2) is 0 Å². The molecule has 0 saturated heterocycles. The number of aryl methyl sites for hydroxylation is 1. The molecule has 0 fully saturated rings. The molecule has 4 heteroatoms. The zero-order valence-corrected chi connectivity index (χ0v) is 14.3. The number of hydrogen-bond acceptors (Lipinski definition) is 3. The van der Waals surface area contributed by atoms with Crippen molar-refractivity contribution in [2.75, 3.05) is 12.4 Å². The first-order valence-corrected chi connectivity index (χ1v) is 8.11. The SMILES string of the molecule is CCC[C@H](C(=O)Nc1cc(C(=O)OC)ccc1C)c1ccccc1. The van der Waals surface area contributed by atoms with E-state index in [1.54, 1.807) is 18.2 Å². The van der Waals surface area contributed by atoms with Gasteiger partial charge in [0.1, 0.15) is 0 Å². The van der Waals surface area contributed by atoms with E-state index in [0.717, 1.165) is 24.0 Å². The fraction of sp³-hybridized carbons (Fsp3) is 0.300. The number of ether oxygens (including phenoxy) is 1. The van der Waals surface area contributed by atoms with Crippen molar-refractivity contribution in [2.45, 2.75) is 32.6 Å². The quantitative estimate of drug-likeness (QED) is 0.805. The summed E-state index contributed by atoms with van der Waals surface area (Å²) in [6.07, 6.45) is 1.68.